The number of nitrogens with zero attached hydrogens (tertiary/aromatic N) is 1. The summed E-state index contributed by atoms with van der Waals surface area (Å²) >= 11 is 3.41. The quantitative estimate of drug-likeness (QED) is 0.595. The van der Waals surface area contributed by atoms with Crippen LogP contribution in [0.5, 0.6) is 0 Å². The third kappa shape index (κ3) is 4.19. The minimum atomic E-state index is -0.369. The first-order valence-corrected chi connectivity index (χ1v) is 10.3. The molecule has 2 N–H and O–H groups in total. The van der Waals surface area contributed by atoms with Gasteiger partial charge in [-0.05, 0) is 60.9 Å². The summed E-state index contributed by atoms with van der Waals surface area (Å²) in [6, 6.07) is 10.3. The van der Waals surface area contributed by atoms with E-state index in [0.717, 1.165) is 32.2 Å². The number of hydrogen-bond acceptors (Lipinski definition) is 2. The number of halogens is 2. The van der Waals surface area contributed by atoms with Crippen molar-refractivity contribution in [2.75, 3.05) is 18.4 Å². The van der Waals surface area contributed by atoms with Gasteiger partial charge in [-0.15, -0.1) is 0 Å². The normalized spacial score (nSPS) is 16.6. The van der Waals surface area contributed by atoms with Crippen molar-refractivity contribution in [2.24, 2.45) is 5.92 Å². The molecule has 1 atom stereocenters. The summed E-state index contributed by atoms with van der Waals surface area (Å²) in [6.07, 6.45) is 2.67. The zero-order valence-electron chi connectivity index (χ0n) is 16.0. The highest BCUT2D eigenvalue weighted by atomic mass is 79.9. The lowest BCUT2D eigenvalue weighted by Gasteiger charge is -2.17. The van der Waals surface area contributed by atoms with Gasteiger partial charge < -0.3 is 15.2 Å². The van der Waals surface area contributed by atoms with Gasteiger partial charge in [-0.3, -0.25) is 9.59 Å². The number of carbonyl (C=O) groups is 2. The van der Waals surface area contributed by atoms with E-state index in [-0.39, 0.29) is 30.0 Å². The van der Waals surface area contributed by atoms with Gasteiger partial charge >= 0.3 is 0 Å². The summed E-state index contributed by atoms with van der Waals surface area (Å²) in [5, 5.41) is 3.77. The summed E-state index contributed by atoms with van der Waals surface area (Å²) in [7, 11) is 0. The van der Waals surface area contributed by atoms with Crippen LogP contribution in [0, 0.1) is 18.7 Å². The van der Waals surface area contributed by atoms with Gasteiger partial charge in [0.1, 0.15) is 5.82 Å². The molecular formula is C22H21BrFN3O2. The fourth-order valence-electron chi connectivity index (χ4n) is 3.78. The van der Waals surface area contributed by atoms with E-state index in [9.17, 15) is 14.0 Å². The van der Waals surface area contributed by atoms with Gasteiger partial charge in [0, 0.05) is 46.8 Å². The van der Waals surface area contributed by atoms with Gasteiger partial charge in [0.05, 0.1) is 5.92 Å². The van der Waals surface area contributed by atoms with Crippen LogP contribution >= 0.6 is 15.9 Å². The van der Waals surface area contributed by atoms with E-state index in [4.69, 9.17) is 0 Å². The Morgan fingerprint density at radius 2 is 2.14 bits per heavy atom. The molecule has 0 unspecified atom stereocenters. The van der Waals surface area contributed by atoms with Crippen molar-refractivity contribution in [3.05, 3.63) is 64.0 Å². The first-order chi connectivity index (χ1) is 13.9. The Bertz CT molecular complexity index is 1090. The van der Waals surface area contributed by atoms with E-state index in [0.29, 0.717) is 19.5 Å². The second-order valence-electron chi connectivity index (χ2n) is 7.44. The number of fused-ring (bicyclic) bond motifs is 1. The summed E-state index contributed by atoms with van der Waals surface area (Å²) in [5.41, 5.74) is 3.55. The van der Waals surface area contributed by atoms with Crippen molar-refractivity contribution in [2.45, 2.75) is 19.8 Å². The number of hydrogen-bond donors (Lipinski definition) is 2. The van der Waals surface area contributed by atoms with Crippen LogP contribution in [-0.2, 0) is 16.0 Å². The Labute approximate surface area is 176 Å². The molecule has 5 nitrogen and oxygen atoms in total. The van der Waals surface area contributed by atoms with Crippen LogP contribution in [0.25, 0.3) is 10.9 Å². The first-order valence-electron chi connectivity index (χ1n) is 9.51. The third-order valence-electron chi connectivity index (χ3n) is 5.41. The van der Waals surface area contributed by atoms with Gasteiger partial charge in [0.2, 0.25) is 11.8 Å². The van der Waals surface area contributed by atoms with Gasteiger partial charge in [0.25, 0.3) is 0 Å². The first kappa shape index (κ1) is 19.6. The second kappa shape index (κ2) is 7.99. The molecule has 4 rings (SSSR count). The molecule has 1 aromatic heterocycles. The van der Waals surface area contributed by atoms with Crippen molar-refractivity contribution in [1.29, 1.82) is 0 Å². The molecule has 0 spiro atoms. The maximum Gasteiger partial charge on any atom is 0.229 e. The van der Waals surface area contributed by atoms with Crippen molar-refractivity contribution in [1.82, 2.24) is 9.88 Å². The number of amides is 2. The topological polar surface area (TPSA) is 65.2 Å². The predicted octanol–water partition coefficient (Wildman–Crippen LogP) is 4.41. The summed E-state index contributed by atoms with van der Waals surface area (Å²) in [5.74, 6) is -0.814. The molecule has 0 saturated carbocycles. The number of H-pyrrole nitrogens is 1. The van der Waals surface area contributed by atoms with Gasteiger partial charge in [-0.2, -0.15) is 0 Å². The molecule has 0 bridgehead atoms. The Balaban J connectivity index is 1.38. The molecule has 1 aliphatic rings. The highest BCUT2D eigenvalue weighted by Gasteiger charge is 2.34. The number of nitrogens with one attached hydrogen (secondary N) is 2. The summed E-state index contributed by atoms with van der Waals surface area (Å²) in [4.78, 5) is 29.9. The molecule has 3 aromatic rings. The van der Waals surface area contributed by atoms with Crippen LogP contribution in [0.2, 0.25) is 0 Å². The lowest BCUT2D eigenvalue weighted by atomic mass is 10.1. The highest BCUT2D eigenvalue weighted by Crippen LogP contribution is 2.25. The largest absolute Gasteiger partial charge is 0.361 e. The number of benzene rings is 2. The lowest BCUT2D eigenvalue weighted by Crippen LogP contribution is -2.30. The molecule has 0 aliphatic carbocycles. The number of likely N-dealkylation sites (tertiary alicyclic amines) is 1. The van der Waals surface area contributed by atoms with E-state index in [1.165, 1.54) is 12.1 Å². The standard InChI is InChI=1S/C22H21BrFN3O2/c1-13-8-16(23)2-4-19(13)26-22(29)15-9-21(28)27(12-15)7-6-14-11-25-20-5-3-17(24)10-18(14)20/h2-5,8,10-11,15,25H,6-7,9,12H2,1H3,(H,26,29)/t15-/m0/s1. The average molecular weight is 458 g/mol. The van der Waals surface area contributed by atoms with Crippen molar-refractivity contribution < 1.29 is 14.0 Å². The molecule has 1 aliphatic heterocycles. The molecule has 0 radical (unpaired) electrons. The molecule has 1 fully saturated rings. The molecular weight excluding hydrogens is 437 g/mol. The fraction of sp³-hybridized carbons (Fsp3) is 0.273. The average Bonchev–Trinajstić information content (AvgIpc) is 3.25. The maximum atomic E-state index is 13.5. The SMILES string of the molecule is Cc1cc(Br)ccc1NC(=O)[C@H]1CC(=O)N(CCc2c[nH]c3ccc(F)cc23)C1. The van der Waals surface area contributed by atoms with E-state index in [2.05, 4.69) is 26.2 Å². The van der Waals surface area contributed by atoms with Crippen LogP contribution in [0.3, 0.4) is 0 Å². The van der Waals surface area contributed by atoms with Crippen LogP contribution in [0.4, 0.5) is 10.1 Å². The molecule has 29 heavy (non-hydrogen) atoms. The predicted molar refractivity (Wildman–Crippen MR) is 114 cm³/mol. The minimum Gasteiger partial charge on any atom is -0.361 e. The summed E-state index contributed by atoms with van der Waals surface area (Å²) in [6.45, 7) is 2.83. The zero-order chi connectivity index (χ0) is 20.5. The fourth-order valence-corrected chi connectivity index (χ4v) is 4.25. The molecule has 7 heteroatoms. The van der Waals surface area contributed by atoms with E-state index in [1.54, 1.807) is 11.0 Å². The number of rotatable bonds is 5. The molecule has 1 saturated heterocycles. The lowest BCUT2D eigenvalue weighted by molar-refractivity contribution is -0.128. The van der Waals surface area contributed by atoms with Crippen molar-refractivity contribution >= 4 is 44.3 Å². The monoisotopic (exact) mass is 457 g/mol. The molecule has 150 valence electrons. The highest BCUT2D eigenvalue weighted by molar-refractivity contribution is 9.10. The Hall–Kier alpha value is -2.67. The van der Waals surface area contributed by atoms with Gasteiger partial charge in [0.15, 0.2) is 0 Å². The number of aryl methyl sites for hydroxylation is 1. The molecule has 2 heterocycles. The Kier molecular flexibility index (Phi) is 5.41. The number of aromatic amines is 1. The van der Waals surface area contributed by atoms with E-state index in [1.807, 2.05) is 31.3 Å². The second-order valence-corrected chi connectivity index (χ2v) is 8.36. The van der Waals surface area contributed by atoms with Gasteiger partial charge in [-0.1, -0.05) is 15.9 Å². The summed E-state index contributed by atoms with van der Waals surface area (Å²) < 4.78 is 14.5. The Morgan fingerprint density at radius 1 is 1.31 bits per heavy atom. The zero-order valence-corrected chi connectivity index (χ0v) is 17.6. The number of aromatic nitrogens is 1. The van der Waals surface area contributed by atoms with E-state index < -0.39 is 0 Å². The van der Waals surface area contributed by atoms with Crippen LogP contribution in [0.1, 0.15) is 17.5 Å². The van der Waals surface area contributed by atoms with Crippen LogP contribution in [0.15, 0.2) is 47.1 Å². The number of anilines is 1. The number of carbonyl (C=O) groups excluding carboxylic acids is 2. The van der Waals surface area contributed by atoms with Crippen molar-refractivity contribution in [3.63, 3.8) is 0 Å². The van der Waals surface area contributed by atoms with Crippen molar-refractivity contribution in [3.8, 4) is 0 Å². The Morgan fingerprint density at radius 3 is 2.93 bits per heavy atom. The van der Waals surface area contributed by atoms with Gasteiger partial charge in [-0.25, -0.2) is 4.39 Å². The van der Waals surface area contributed by atoms with Crippen LogP contribution in [-0.4, -0.2) is 34.8 Å². The molecule has 2 aromatic carbocycles. The smallest absolute Gasteiger partial charge is 0.229 e. The van der Waals surface area contributed by atoms with Crippen LogP contribution < -0.4 is 5.32 Å². The molecule has 2 amide bonds. The maximum absolute atomic E-state index is 13.5. The third-order valence-corrected chi connectivity index (χ3v) is 5.91. The van der Waals surface area contributed by atoms with E-state index >= 15 is 0 Å². The minimum absolute atomic E-state index is 0.0244.